The molecular formula is C10H20ClNO4. The van der Waals surface area contributed by atoms with Crippen LogP contribution in [0.3, 0.4) is 0 Å². The summed E-state index contributed by atoms with van der Waals surface area (Å²) >= 11 is 4.97. The fourth-order valence-electron chi connectivity index (χ4n) is 0.795. The molecule has 0 aliphatic rings. The molecule has 5 nitrogen and oxygen atoms in total. The molecule has 0 saturated heterocycles. The molecule has 96 valence electrons. The van der Waals surface area contributed by atoms with Crippen LogP contribution in [0.2, 0.25) is 0 Å². The zero-order chi connectivity index (χ0) is 13.0. The van der Waals surface area contributed by atoms with Crippen LogP contribution in [0.15, 0.2) is 0 Å². The molecule has 6 heteroatoms. The highest BCUT2D eigenvalue weighted by Crippen LogP contribution is 1.90. The summed E-state index contributed by atoms with van der Waals surface area (Å²) < 4.78 is 4.56. The van der Waals surface area contributed by atoms with Gasteiger partial charge in [0, 0.05) is 24.6 Å². The Morgan fingerprint density at radius 1 is 1.25 bits per heavy atom. The fourth-order valence-corrected chi connectivity index (χ4v) is 0.872. The normalized spacial score (nSPS) is 9.31. The highest BCUT2D eigenvalue weighted by molar-refractivity contribution is 6.61. The zero-order valence-corrected chi connectivity index (χ0v) is 10.8. The van der Waals surface area contributed by atoms with Gasteiger partial charge in [-0.3, -0.25) is 4.79 Å². The second-order valence-corrected chi connectivity index (χ2v) is 3.17. The molecule has 0 spiro atoms. The predicted molar refractivity (Wildman–Crippen MR) is 62.9 cm³/mol. The molecule has 0 unspecified atom stereocenters. The average molecular weight is 254 g/mol. The fraction of sp³-hybridized carbons (Fsp3) is 0.800. The molecule has 0 bridgehead atoms. The van der Waals surface area contributed by atoms with E-state index in [2.05, 4.69) is 23.5 Å². The first-order valence-corrected chi connectivity index (χ1v) is 5.62. The van der Waals surface area contributed by atoms with Gasteiger partial charge in [0.2, 0.25) is 0 Å². The van der Waals surface area contributed by atoms with E-state index in [1.807, 2.05) is 0 Å². The third kappa shape index (κ3) is 15.7. The van der Waals surface area contributed by atoms with E-state index in [4.69, 9.17) is 16.7 Å². The first-order valence-electron chi connectivity index (χ1n) is 5.24. The van der Waals surface area contributed by atoms with Gasteiger partial charge in [-0.15, -0.1) is 0 Å². The molecule has 0 aromatic rings. The summed E-state index contributed by atoms with van der Waals surface area (Å²) in [6.45, 7) is 8.79. The van der Waals surface area contributed by atoms with Crippen molar-refractivity contribution in [2.75, 3.05) is 26.2 Å². The Bertz CT molecular complexity index is 195. The average Bonchev–Trinajstić information content (AvgIpc) is 2.25. The number of carboxylic acid groups (broad SMARTS) is 1. The largest absolute Gasteiger partial charge is 0.481 e. The van der Waals surface area contributed by atoms with E-state index in [0.29, 0.717) is 6.61 Å². The molecule has 0 radical (unpaired) electrons. The maximum Gasteiger partial charge on any atom is 0.403 e. The minimum atomic E-state index is -0.745. The van der Waals surface area contributed by atoms with Crippen LogP contribution in [-0.4, -0.2) is 47.6 Å². The molecule has 0 saturated carbocycles. The minimum absolute atomic E-state index is 0.222. The third-order valence-corrected chi connectivity index (χ3v) is 1.93. The molecule has 0 aliphatic heterocycles. The van der Waals surface area contributed by atoms with E-state index in [1.165, 1.54) is 0 Å². The van der Waals surface area contributed by atoms with Crippen LogP contribution in [0, 0.1) is 0 Å². The lowest BCUT2D eigenvalue weighted by atomic mass is 10.5. The number of carboxylic acids is 1. The number of ether oxygens (including phenoxy) is 1. The van der Waals surface area contributed by atoms with Crippen LogP contribution >= 0.6 is 11.6 Å². The number of carbonyl (C=O) groups excluding carboxylic acids is 1. The highest BCUT2D eigenvalue weighted by Gasteiger charge is 1.99. The van der Waals surface area contributed by atoms with E-state index < -0.39 is 11.4 Å². The van der Waals surface area contributed by atoms with Gasteiger partial charge in [-0.1, -0.05) is 20.8 Å². The van der Waals surface area contributed by atoms with Crippen molar-refractivity contribution in [3.63, 3.8) is 0 Å². The van der Waals surface area contributed by atoms with E-state index in [9.17, 15) is 9.59 Å². The number of aliphatic carboxylic acids is 1. The van der Waals surface area contributed by atoms with Crippen molar-refractivity contribution < 1.29 is 19.4 Å². The Morgan fingerprint density at radius 2 is 1.69 bits per heavy atom. The van der Waals surface area contributed by atoms with Crippen LogP contribution in [-0.2, 0) is 9.53 Å². The molecule has 0 aromatic carbocycles. The van der Waals surface area contributed by atoms with Crippen LogP contribution in [0.1, 0.15) is 27.2 Å². The minimum Gasteiger partial charge on any atom is -0.481 e. The Kier molecular flexibility index (Phi) is 13.5. The van der Waals surface area contributed by atoms with Gasteiger partial charge in [-0.25, -0.2) is 4.79 Å². The summed E-state index contributed by atoms with van der Waals surface area (Å²) in [5, 5.41) is 7.72. The third-order valence-electron chi connectivity index (χ3n) is 1.82. The van der Waals surface area contributed by atoms with Gasteiger partial charge in [0.1, 0.15) is 6.61 Å². The van der Waals surface area contributed by atoms with Crippen molar-refractivity contribution in [2.24, 2.45) is 0 Å². The Labute approximate surface area is 101 Å². The Hall–Kier alpha value is -0.810. The number of hydrogen-bond acceptors (Lipinski definition) is 4. The maximum absolute atomic E-state index is 10.1. The van der Waals surface area contributed by atoms with E-state index >= 15 is 0 Å². The number of rotatable bonds is 6. The Morgan fingerprint density at radius 3 is 1.94 bits per heavy atom. The summed E-state index contributed by atoms with van der Waals surface area (Å²) in [6, 6.07) is 0. The molecule has 0 fully saturated rings. The second kappa shape index (κ2) is 12.3. The number of nitrogens with zero attached hydrogens (tertiary/aromatic N) is 1. The monoisotopic (exact) mass is 253 g/mol. The standard InChI is InChI=1S/C7H14ClNO2.C3H6O2/c1-3-9(4-2)5-6-11-7(8)10;1-2-3(4)5/h3-6H2,1-2H3;2H2,1H3,(H,4,5). The summed E-state index contributed by atoms with van der Waals surface area (Å²) in [4.78, 5) is 21.6. The quantitative estimate of drug-likeness (QED) is 0.735. The summed E-state index contributed by atoms with van der Waals surface area (Å²) in [5.74, 6) is -0.745. The first-order chi connectivity index (χ1) is 7.47. The van der Waals surface area contributed by atoms with Crippen LogP contribution < -0.4 is 0 Å². The van der Waals surface area contributed by atoms with Crippen molar-refractivity contribution in [1.29, 1.82) is 0 Å². The summed E-state index contributed by atoms with van der Waals surface area (Å²) in [5.41, 5.74) is -0.725. The molecule has 1 N–H and O–H groups in total. The molecule has 16 heavy (non-hydrogen) atoms. The van der Waals surface area contributed by atoms with Gasteiger partial charge >= 0.3 is 11.4 Å². The van der Waals surface area contributed by atoms with Crippen LogP contribution in [0.4, 0.5) is 4.79 Å². The SMILES string of the molecule is CCC(=O)O.CCN(CC)CCOC(=O)Cl. The number of halogens is 1. The lowest BCUT2D eigenvalue weighted by molar-refractivity contribution is -0.136. The molecule has 0 aromatic heterocycles. The van der Waals surface area contributed by atoms with Crippen molar-refractivity contribution in [2.45, 2.75) is 27.2 Å². The van der Waals surface area contributed by atoms with E-state index in [0.717, 1.165) is 19.6 Å². The predicted octanol–water partition coefficient (Wildman–Crippen LogP) is 2.18. The molecule has 0 amide bonds. The molecule has 0 aliphatic carbocycles. The van der Waals surface area contributed by atoms with Crippen molar-refractivity contribution >= 4 is 23.0 Å². The van der Waals surface area contributed by atoms with Gasteiger partial charge in [-0.2, -0.15) is 0 Å². The van der Waals surface area contributed by atoms with Crippen molar-refractivity contribution in [1.82, 2.24) is 4.90 Å². The number of hydrogen-bond donors (Lipinski definition) is 1. The lowest BCUT2D eigenvalue weighted by Crippen LogP contribution is -2.27. The van der Waals surface area contributed by atoms with Gasteiger partial charge in [0.25, 0.3) is 0 Å². The summed E-state index contributed by atoms with van der Waals surface area (Å²) in [7, 11) is 0. The van der Waals surface area contributed by atoms with Crippen LogP contribution in [0.5, 0.6) is 0 Å². The van der Waals surface area contributed by atoms with E-state index in [-0.39, 0.29) is 6.42 Å². The Balaban J connectivity index is 0. The summed E-state index contributed by atoms with van der Waals surface area (Å²) in [6.07, 6.45) is 0.222. The first kappa shape index (κ1) is 17.6. The van der Waals surface area contributed by atoms with Gasteiger partial charge < -0.3 is 14.7 Å². The molecular weight excluding hydrogens is 234 g/mol. The molecule has 0 rings (SSSR count). The second-order valence-electron chi connectivity index (χ2n) is 2.86. The molecule has 0 atom stereocenters. The van der Waals surface area contributed by atoms with Gasteiger partial charge in [0.15, 0.2) is 0 Å². The highest BCUT2D eigenvalue weighted by atomic mass is 35.5. The van der Waals surface area contributed by atoms with Crippen molar-refractivity contribution in [3.8, 4) is 0 Å². The topological polar surface area (TPSA) is 66.8 Å². The number of carbonyl (C=O) groups is 2. The smallest absolute Gasteiger partial charge is 0.403 e. The lowest BCUT2D eigenvalue weighted by Gasteiger charge is -2.16. The number of likely N-dealkylation sites (N-methyl/N-ethyl adjacent to an activating group) is 1. The van der Waals surface area contributed by atoms with Gasteiger partial charge in [0.05, 0.1) is 0 Å². The van der Waals surface area contributed by atoms with Crippen molar-refractivity contribution in [3.05, 3.63) is 0 Å². The molecule has 0 heterocycles. The van der Waals surface area contributed by atoms with Crippen LogP contribution in [0.25, 0.3) is 0 Å². The maximum atomic E-state index is 10.1. The zero-order valence-electron chi connectivity index (χ0n) is 10.0. The van der Waals surface area contributed by atoms with Gasteiger partial charge in [-0.05, 0) is 13.1 Å². The van der Waals surface area contributed by atoms with E-state index in [1.54, 1.807) is 6.92 Å².